The summed E-state index contributed by atoms with van der Waals surface area (Å²) in [6, 6.07) is 19.3. The first-order valence-electron chi connectivity index (χ1n) is 17.5. The lowest BCUT2D eigenvalue weighted by Gasteiger charge is -2.22. The van der Waals surface area contributed by atoms with Gasteiger partial charge in [0.1, 0.15) is 11.5 Å². The van der Waals surface area contributed by atoms with Crippen molar-refractivity contribution in [3.63, 3.8) is 0 Å². The molecule has 5 heterocycles. The fourth-order valence-electron chi connectivity index (χ4n) is 6.23. The number of ether oxygens (including phenoxy) is 2. The number of hydrogen-bond donors (Lipinski definition) is 2. The third kappa shape index (κ3) is 8.60. The summed E-state index contributed by atoms with van der Waals surface area (Å²) in [6.45, 7) is 12.1. The molecule has 276 valence electrons. The van der Waals surface area contributed by atoms with Crippen LogP contribution in [-0.4, -0.2) is 59.1 Å². The summed E-state index contributed by atoms with van der Waals surface area (Å²) in [5.41, 5.74) is 7.60. The standard InChI is InChI=1S/C38H46N4O8P2/c1-7-47-51(43,48-8-2)24-45-33-12-11-13-34(46-25-52(44,49-9-3)50-10-4)37(33)36-31-18-16-27(40-31)20-26-14-15-29(39-26)22-35-38(5,6)23-30(42-35)21-28-17-19-32(36)41-28/h11-22,39,41H,7-10,23-25H2,1-6H3. The number of hydrogen-bond acceptors (Lipinski definition) is 10. The van der Waals surface area contributed by atoms with Crippen molar-refractivity contribution in [3.05, 3.63) is 83.4 Å². The van der Waals surface area contributed by atoms with Gasteiger partial charge >= 0.3 is 15.2 Å². The smallest absolute Gasteiger partial charge is 0.367 e. The minimum atomic E-state index is -3.62. The van der Waals surface area contributed by atoms with Crippen molar-refractivity contribution in [3.8, 4) is 22.6 Å². The van der Waals surface area contributed by atoms with Crippen LogP contribution >= 0.6 is 15.2 Å². The molecule has 0 amide bonds. The summed E-state index contributed by atoms with van der Waals surface area (Å²) in [6.07, 6.45) is 3.91. The summed E-state index contributed by atoms with van der Waals surface area (Å²) in [4.78, 5) is 17.1. The van der Waals surface area contributed by atoms with E-state index < -0.39 is 15.2 Å². The van der Waals surface area contributed by atoms with Gasteiger partial charge in [-0.15, -0.1) is 0 Å². The number of H-pyrrole nitrogens is 2. The average molecular weight is 749 g/mol. The highest BCUT2D eigenvalue weighted by molar-refractivity contribution is 7.53. The zero-order valence-corrected chi connectivity index (χ0v) is 32.2. The van der Waals surface area contributed by atoms with Gasteiger partial charge in [-0.05, 0) is 94.4 Å². The zero-order valence-electron chi connectivity index (χ0n) is 30.4. The van der Waals surface area contributed by atoms with E-state index in [0.717, 1.165) is 40.1 Å². The highest BCUT2D eigenvalue weighted by atomic mass is 31.2. The first kappa shape index (κ1) is 37.7. The maximum absolute atomic E-state index is 13.6. The Kier molecular flexibility index (Phi) is 11.6. The van der Waals surface area contributed by atoms with Crippen molar-refractivity contribution in [2.75, 3.05) is 39.1 Å². The fraction of sp³-hybridized carbons (Fsp3) is 0.368. The normalized spacial score (nSPS) is 14.1. The lowest BCUT2D eigenvalue weighted by atomic mass is 9.87. The van der Waals surface area contributed by atoms with E-state index in [1.807, 2.05) is 48.6 Å². The molecule has 0 atom stereocenters. The quantitative estimate of drug-likeness (QED) is 0.0992. The molecule has 52 heavy (non-hydrogen) atoms. The second-order valence-electron chi connectivity index (χ2n) is 12.9. The molecule has 0 aliphatic carbocycles. The summed E-state index contributed by atoms with van der Waals surface area (Å²) in [5.74, 6) is 0.645. The van der Waals surface area contributed by atoms with E-state index in [1.165, 1.54) is 0 Å². The third-order valence-corrected chi connectivity index (χ3v) is 11.9. The van der Waals surface area contributed by atoms with Gasteiger partial charge in [0.15, 0.2) is 12.7 Å². The minimum Gasteiger partial charge on any atom is -0.480 e. The second kappa shape index (κ2) is 15.9. The van der Waals surface area contributed by atoms with Gasteiger partial charge in [-0.25, -0.2) is 4.98 Å². The van der Waals surface area contributed by atoms with Crippen LogP contribution in [0.1, 0.15) is 64.3 Å². The average Bonchev–Trinajstić information content (AvgIpc) is 3.90. The number of aromatic nitrogens is 4. The molecule has 0 unspecified atom stereocenters. The van der Waals surface area contributed by atoms with Crippen LogP contribution in [0.2, 0.25) is 0 Å². The van der Waals surface area contributed by atoms with Crippen LogP contribution in [-0.2, 0) is 39.1 Å². The predicted molar refractivity (Wildman–Crippen MR) is 205 cm³/mol. The van der Waals surface area contributed by atoms with Gasteiger partial charge in [-0.1, -0.05) is 19.9 Å². The highest BCUT2D eigenvalue weighted by Crippen LogP contribution is 2.52. The zero-order chi connectivity index (χ0) is 36.9. The molecule has 6 rings (SSSR count). The van der Waals surface area contributed by atoms with E-state index >= 15 is 0 Å². The molecule has 2 aliphatic rings. The van der Waals surface area contributed by atoms with Gasteiger partial charge < -0.3 is 37.5 Å². The number of aromatic amines is 2. The molecule has 1 aromatic carbocycles. The number of fused-ring (bicyclic) bond motifs is 8. The van der Waals surface area contributed by atoms with Crippen molar-refractivity contribution < 1.29 is 36.7 Å². The Morgan fingerprint density at radius 2 is 1.23 bits per heavy atom. The number of nitrogens with one attached hydrogen (secondary N) is 2. The molecule has 0 radical (unpaired) electrons. The highest BCUT2D eigenvalue weighted by Gasteiger charge is 2.30. The Balaban J connectivity index is 1.61. The molecule has 0 fully saturated rings. The van der Waals surface area contributed by atoms with Gasteiger partial charge in [0.05, 0.1) is 43.4 Å². The molecule has 14 heteroatoms. The maximum atomic E-state index is 13.6. The largest absolute Gasteiger partial charge is 0.480 e. The van der Waals surface area contributed by atoms with E-state index in [4.69, 9.17) is 37.5 Å². The van der Waals surface area contributed by atoms with Crippen LogP contribution in [0.5, 0.6) is 11.5 Å². The number of nitrogens with zero attached hydrogens (tertiary/aromatic N) is 2. The van der Waals surface area contributed by atoms with Crippen LogP contribution in [0.3, 0.4) is 0 Å². The molecule has 8 bridgehead atoms. The van der Waals surface area contributed by atoms with Crippen LogP contribution in [0.4, 0.5) is 0 Å². The Bertz CT molecular complexity index is 2140. The molecule has 0 spiro atoms. The van der Waals surface area contributed by atoms with Crippen LogP contribution < -0.4 is 9.47 Å². The molecule has 2 N–H and O–H groups in total. The van der Waals surface area contributed by atoms with E-state index in [0.29, 0.717) is 33.8 Å². The molecule has 2 aliphatic heterocycles. The molecule has 0 saturated heterocycles. The van der Waals surface area contributed by atoms with E-state index in [1.54, 1.807) is 45.9 Å². The summed E-state index contributed by atoms with van der Waals surface area (Å²) in [7, 11) is -7.24. The van der Waals surface area contributed by atoms with Crippen LogP contribution in [0.15, 0.2) is 60.7 Å². The Morgan fingerprint density at radius 1 is 0.673 bits per heavy atom. The topological polar surface area (TPSA) is 147 Å². The predicted octanol–water partition coefficient (Wildman–Crippen LogP) is 9.88. The van der Waals surface area contributed by atoms with E-state index in [9.17, 15) is 9.13 Å². The fourth-order valence-corrected chi connectivity index (χ4v) is 8.84. The summed E-state index contributed by atoms with van der Waals surface area (Å²) < 4.78 is 61.9. The summed E-state index contributed by atoms with van der Waals surface area (Å²) >= 11 is 0. The summed E-state index contributed by atoms with van der Waals surface area (Å²) in [5, 5.41) is 0. The molecular weight excluding hydrogens is 702 g/mol. The third-order valence-electron chi connectivity index (χ3n) is 8.42. The van der Waals surface area contributed by atoms with Gasteiger partial charge in [0.2, 0.25) is 0 Å². The van der Waals surface area contributed by atoms with Crippen molar-refractivity contribution in [1.29, 1.82) is 0 Å². The van der Waals surface area contributed by atoms with E-state index in [2.05, 4.69) is 29.9 Å². The van der Waals surface area contributed by atoms with Crippen LogP contribution in [0.25, 0.3) is 45.3 Å². The number of benzene rings is 1. The van der Waals surface area contributed by atoms with Crippen molar-refractivity contribution in [1.82, 2.24) is 19.9 Å². The lowest BCUT2D eigenvalue weighted by Crippen LogP contribution is -2.14. The Hall–Kier alpha value is -4.02. The SMILES string of the molecule is CCOP(=O)(COc1cccc(OCP(=O)(OCC)OCC)c1-c1c2nc(cc3ccc(cc4nc(cc5ccc1[nH]5)CC4(C)C)[nH]3)C=C2)OCC. The Morgan fingerprint density at radius 3 is 1.83 bits per heavy atom. The van der Waals surface area contributed by atoms with Gasteiger partial charge in [-0.3, -0.25) is 14.1 Å². The Labute approximate surface area is 304 Å². The monoisotopic (exact) mass is 748 g/mol. The van der Waals surface area contributed by atoms with Gasteiger partial charge in [-0.2, -0.15) is 0 Å². The first-order chi connectivity index (χ1) is 25.0. The number of rotatable bonds is 15. The first-order valence-corrected chi connectivity index (χ1v) is 21.0. The maximum Gasteiger partial charge on any atom is 0.367 e. The van der Waals surface area contributed by atoms with Crippen molar-refractivity contribution >= 4 is 49.4 Å². The van der Waals surface area contributed by atoms with Crippen molar-refractivity contribution in [2.24, 2.45) is 0 Å². The van der Waals surface area contributed by atoms with Crippen LogP contribution in [0, 0.1) is 0 Å². The molecular formula is C38H46N4O8P2. The molecule has 4 aromatic rings. The second-order valence-corrected chi connectivity index (χ2v) is 16.9. The van der Waals surface area contributed by atoms with Gasteiger partial charge in [0.25, 0.3) is 0 Å². The van der Waals surface area contributed by atoms with E-state index in [-0.39, 0.29) is 44.5 Å². The van der Waals surface area contributed by atoms with Crippen molar-refractivity contribution in [2.45, 2.75) is 53.4 Å². The minimum absolute atomic E-state index is 0.156. The lowest BCUT2D eigenvalue weighted by molar-refractivity contribution is 0.195. The molecule has 3 aromatic heterocycles. The molecule has 12 nitrogen and oxygen atoms in total. The molecule has 0 saturated carbocycles. The van der Waals surface area contributed by atoms with Gasteiger partial charge in [0, 0.05) is 50.9 Å².